The quantitative estimate of drug-likeness (QED) is 0.130. The van der Waals surface area contributed by atoms with Gasteiger partial charge in [0.15, 0.2) is 0 Å². The highest BCUT2D eigenvalue weighted by atomic mass is 15.0. The van der Waals surface area contributed by atoms with Crippen LogP contribution in [0.3, 0.4) is 0 Å². The van der Waals surface area contributed by atoms with E-state index < -0.39 is 0 Å². The van der Waals surface area contributed by atoms with Gasteiger partial charge in [0.05, 0.1) is 33.5 Å². The van der Waals surface area contributed by atoms with Crippen LogP contribution in [0.5, 0.6) is 0 Å². The Morgan fingerprint density at radius 3 is 1.77 bits per heavy atom. The molecule has 10 rings (SSSR count). The van der Waals surface area contributed by atoms with Crippen molar-refractivity contribution in [1.82, 2.24) is 24.1 Å². The first-order chi connectivity index (χ1) is 26.2. The van der Waals surface area contributed by atoms with E-state index in [9.17, 15) is 0 Å². The normalized spacial score (nSPS) is 13.0. The van der Waals surface area contributed by atoms with Gasteiger partial charge in [-0.05, 0) is 133 Å². The minimum Gasteiger partial charge on any atom is -0.309 e. The summed E-state index contributed by atoms with van der Waals surface area (Å²) in [5.41, 5.74) is 16.1. The van der Waals surface area contributed by atoms with Crippen LogP contribution in [0.15, 0.2) is 158 Å². The Morgan fingerprint density at radius 2 is 1.21 bits per heavy atom. The average molecular weight is 683 g/mol. The zero-order chi connectivity index (χ0) is 35.5. The largest absolute Gasteiger partial charge is 0.309 e. The fourth-order valence-electron chi connectivity index (χ4n) is 8.26. The van der Waals surface area contributed by atoms with Crippen LogP contribution in [0.4, 0.5) is 0 Å². The van der Waals surface area contributed by atoms with Crippen molar-refractivity contribution < 1.29 is 0 Å². The summed E-state index contributed by atoms with van der Waals surface area (Å²) in [6.07, 6.45) is 16.9. The van der Waals surface area contributed by atoms with Crippen LogP contribution in [0.25, 0.3) is 83.1 Å². The summed E-state index contributed by atoms with van der Waals surface area (Å²) >= 11 is 0. The van der Waals surface area contributed by atoms with E-state index in [2.05, 4.69) is 127 Å². The van der Waals surface area contributed by atoms with Crippen molar-refractivity contribution in [3.05, 3.63) is 170 Å². The van der Waals surface area contributed by atoms with Gasteiger partial charge >= 0.3 is 0 Å². The molecular weight excluding hydrogens is 649 g/mol. The fraction of sp³-hybridized carbons (Fsp3) is 0.0638. The molecule has 0 spiro atoms. The summed E-state index contributed by atoms with van der Waals surface area (Å²) in [7, 11) is 0. The Kier molecular flexibility index (Phi) is 7.22. The fourth-order valence-corrected chi connectivity index (χ4v) is 8.26. The molecule has 53 heavy (non-hydrogen) atoms. The molecule has 0 radical (unpaired) electrons. The number of fused-ring (bicyclic) bond motifs is 9. The molecule has 4 aromatic carbocycles. The number of aromatic nitrogens is 5. The number of allylic oxidation sites excluding steroid dienone is 2. The Labute approximate surface area is 306 Å². The molecule has 0 saturated carbocycles. The maximum atomic E-state index is 4.66. The molecule has 0 atom stereocenters. The molecule has 6 nitrogen and oxygen atoms in total. The predicted octanol–water partition coefficient (Wildman–Crippen LogP) is 11.1. The Balaban J connectivity index is 1.24. The predicted molar refractivity (Wildman–Crippen MR) is 219 cm³/mol. The van der Waals surface area contributed by atoms with Crippen molar-refractivity contribution in [1.29, 1.82) is 0 Å². The molecule has 5 heterocycles. The van der Waals surface area contributed by atoms with Crippen LogP contribution >= 0.6 is 0 Å². The first kappa shape index (κ1) is 30.9. The minimum absolute atomic E-state index is 0.891. The van der Waals surface area contributed by atoms with Crippen LogP contribution in [-0.4, -0.2) is 30.3 Å². The van der Waals surface area contributed by atoms with E-state index in [0.29, 0.717) is 0 Å². The molecule has 0 unspecified atom stereocenters. The Bertz CT molecular complexity index is 2950. The van der Waals surface area contributed by atoms with Gasteiger partial charge in [-0.15, -0.1) is 0 Å². The summed E-state index contributed by atoms with van der Waals surface area (Å²) in [5, 5.41) is 4.89. The molecule has 0 bridgehead atoms. The molecule has 0 amide bonds. The highest BCUT2D eigenvalue weighted by molar-refractivity contribution is 6.14. The lowest BCUT2D eigenvalue weighted by atomic mass is 9.84. The number of nitrogens with zero attached hydrogens (tertiary/aromatic N) is 6. The number of rotatable bonds is 6. The lowest BCUT2D eigenvalue weighted by molar-refractivity contribution is 0.946. The van der Waals surface area contributed by atoms with Gasteiger partial charge in [-0.2, -0.15) is 0 Å². The van der Waals surface area contributed by atoms with Gasteiger partial charge in [-0.1, -0.05) is 30.9 Å². The van der Waals surface area contributed by atoms with Crippen molar-refractivity contribution in [2.45, 2.75) is 19.8 Å². The zero-order valence-corrected chi connectivity index (χ0v) is 29.2. The van der Waals surface area contributed by atoms with Crippen molar-refractivity contribution in [2.75, 3.05) is 0 Å². The lowest BCUT2D eigenvalue weighted by Gasteiger charge is -2.21. The molecule has 0 fully saturated rings. The first-order valence-corrected chi connectivity index (χ1v) is 18.0. The van der Waals surface area contributed by atoms with Crippen molar-refractivity contribution >= 4 is 55.5 Å². The van der Waals surface area contributed by atoms with Gasteiger partial charge in [0.25, 0.3) is 0 Å². The molecule has 0 aliphatic heterocycles. The SMILES string of the molecule is C=C/C=C(\N=CC)c1ccc2c(c1)c1cc3c(cc1n2-c1ccncc1)-c1cc2c(cc1CC3)c1cc(-c3ccccn3)ccc1n2-c1ccncc1. The van der Waals surface area contributed by atoms with Gasteiger partial charge in [-0.25, -0.2) is 0 Å². The van der Waals surface area contributed by atoms with E-state index in [-0.39, 0.29) is 0 Å². The van der Waals surface area contributed by atoms with Gasteiger partial charge in [0, 0.05) is 81.2 Å². The summed E-state index contributed by atoms with van der Waals surface area (Å²) in [6, 6.07) is 37.5. The standard InChI is InChI=1S/C47H34N6/c1-3-7-42(50-4-2)32-11-13-44-38(26-32)40-24-30-9-10-31-25-41-39-27-33(43-8-5-6-19-51-43)12-14-45(39)53(35-17-22-49-23-18-35)47(41)29-37(31)36(30)28-46(40)52(44)34-15-20-48-21-16-34/h3-8,11-29H,1,9-10H2,2H3/b42-7-,50-4?. The Morgan fingerprint density at radius 1 is 0.623 bits per heavy atom. The maximum absolute atomic E-state index is 4.66. The number of hydrogen-bond donors (Lipinski definition) is 0. The van der Waals surface area contributed by atoms with Crippen LogP contribution < -0.4 is 0 Å². The summed E-state index contributed by atoms with van der Waals surface area (Å²) in [6.45, 7) is 5.88. The maximum Gasteiger partial charge on any atom is 0.0702 e. The summed E-state index contributed by atoms with van der Waals surface area (Å²) in [5.74, 6) is 0. The van der Waals surface area contributed by atoms with Gasteiger partial charge in [0.1, 0.15) is 0 Å². The Hall–Kier alpha value is -6.92. The minimum atomic E-state index is 0.891. The van der Waals surface area contributed by atoms with E-state index in [1.54, 1.807) is 6.08 Å². The molecular formula is C47H34N6. The highest BCUT2D eigenvalue weighted by Crippen LogP contribution is 2.44. The monoisotopic (exact) mass is 682 g/mol. The van der Waals surface area contributed by atoms with Gasteiger partial charge < -0.3 is 9.13 Å². The van der Waals surface area contributed by atoms with Crippen LogP contribution in [-0.2, 0) is 12.8 Å². The van der Waals surface area contributed by atoms with Gasteiger partial charge in [0.2, 0.25) is 0 Å². The molecule has 0 N–H and O–H groups in total. The first-order valence-electron chi connectivity index (χ1n) is 18.0. The second-order valence-electron chi connectivity index (χ2n) is 13.5. The summed E-state index contributed by atoms with van der Waals surface area (Å²) in [4.78, 5) is 18.0. The zero-order valence-electron chi connectivity index (χ0n) is 29.2. The molecule has 6 heteroatoms. The number of benzene rings is 4. The number of pyridine rings is 3. The van der Waals surface area contributed by atoms with Crippen molar-refractivity contribution in [2.24, 2.45) is 4.99 Å². The molecule has 1 aliphatic rings. The highest BCUT2D eigenvalue weighted by Gasteiger charge is 2.24. The molecule has 9 aromatic rings. The van der Waals surface area contributed by atoms with E-state index in [1.165, 1.54) is 49.3 Å². The third-order valence-corrected chi connectivity index (χ3v) is 10.6. The summed E-state index contributed by atoms with van der Waals surface area (Å²) < 4.78 is 4.75. The molecule has 5 aromatic heterocycles. The topological polar surface area (TPSA) is 60.9 Å². The second kappa shape index (κ2) is 12.4. The third kappa shape index (κ3) is 4.94. The third-order valence-electron chi connectivity index (χ3n) is 10.6. The van der Waals surface area contributed by atoms with E-state index in [0.717, 1.165) is 63.3 Å². The second-order valence-corrected chi connectivity index (χ2v) is 13.5. The number of aryl methyl sites for hydroxylation is 2. The van der Waals surface area contributed by atoms with Gasteiger partial charge in [-0.3, -0.25) is 19.9 Å². The van der Waals surface area contributed by atoms with E-state index in [4.69, 9.17) is 0 Å². The lowest BCUT2D eigenvalue weighted by Crippen LogP contribution is -2.05. The van der Waals surface area contributed by atoms with Crippen LogP contribution in [0.2, 0.25) is 0 Å². The van der Waals surface area contributed by atoms with Crippen molar-refractivity contribution in [3.8, 4) is 33.8 Å². The smallest absolute Gasteiger partial charge is 0.0702 e. The average Bonchev–Trinajstić information content (AvgIpc) is 3.71. The number of hydrogen-bond acceptors (Lipinski definition) is 4. The van der Waals surface area contributed by atoms with Crippen LogP contribution in [0.1, 0.15) is 23.6 Å². The molecule has 0 saturated heterocycles. The molecule has 1 aliphatic carbocycles. The van der Waals surface area contributed by atoms with E-state index in [1.807, 2.05) is 62.3 Å². The van der Waals surface area contributed by atoms with Crippen molar-refractivity contribution in [3.63, 3.8) is 0 Å². The number of aliphatic imine (C=N–C) groups is 1. The van der Waals surface area contributed by atoms with E-state index >= 15 is 0 Å². The molecule has 252 valence electrons. The van der Waals surface area contributed by atoms with Crippen LogP contribution in [0, 0.1) is 0 Å².